The average molecular weight is 276 g/mol. The van der Waals surface area contributed by atoms with Crippen molar-refractivity contribution in [1.29, 1.82) is 0 Å². The number of aryl methyl sites for hydroxylation is 1. The fraction of sp³-hybridized carbons (Fsp3) is 0.429. The van der Waals surface area contributed by atoms with E-state index in [1.807, 2.05) is 29.8 Å². The van der Waals surface area contributed by atoms with Gasteiger partial charge in [-0.15, -0.1) is 0 Å². The first-order valence-corrected chi connectivity index (χ1v) is 6.53. The van der Waals surface area contributed by atoms with Gasteiger partial charge < -0.3 is 15.2 Å². The van der Waals surface area contributed by atoms with Gasteiger partial charge in [-0.05, 0) is 24.6 Å². The maximum atomic E-state index is 6.26. The van der Waals surface area contributed by atoms with Gasteiger partial charge in [0.1, 0.15) is 23.7 Å². The summed E-state index contributed by atoms with van der Waals surface area (Å²) in [7, 11) is 3.25. The van der Waals surface area contributed by atoms with Crippen molar-refractivity contribution in [2.75, 3.05) is 14.2 Å². The van der Waals surface area contributed by atoms with E-state index in [0.29, 0.717) is 6.42 Å². The third-order valence-electron chi connectivity index (χ3n) is 3.20. The molecule has 6 heteroatoms. The lowest BCUT2D eigenvalue weighted by molar-refractivity contribution is 0.392. The number of aromatic nitrogens is 3. The molecule has 2 N–H and O–H groups in total. The van der Waals surface area contributed by atoms with Crippen LogP contribution in [-0.2, 0) is 13.0 Å². The number of ether oxygens (including phenoxy) is 2. The van der Waals surface area contributed by atoms with Crippen molar-refractivity contribution >= 4 is 0 Å². The van der Waals surface area contributed by atoms with Crippen LogP contribution in [0.1, 0.15) is 24.4 Å². The maximum Gasteiger partial charge on any atom is 0.138 e. The number of nitrogens with two attached hydrogens (primary N) is 1. The summed E-state index contributed by atoms with van der Waals surface area (Å²) in [6.45, 7) is 2.81. The van der Waals surface area contributed by atoms with E-state index in [0.717, 1.165) is 29.4 Å². The van der Waals surface area contributed by atoms with E-state index in [2.05, 4.69) is 10.1 Å². The third-order valence-corrected chi connectivity index (χ3v) is 3.20. The molecule has 0 saturated carbocycles. The molecular weight excluding hydrogens is 256 g/mol. The van der Waals surface area contributed by atoms with Crippen LogP contribution in [0.25, 0.3) is 0 Å². The minimum atomic E-state index is -0.187. The molecule has 0 spiro atoms. The van der Waals surface area contributed by atoms with E-state index < -0.39 is 0 Å². The van der Waals surface area contributed by atoms with E-state index in [1.165, 1.54) is 0 Å². The van der Waals surface area contributed by atoms with Crippen LogP contribution in [-0.4, -0.2) is 29.0 Å². The molecule has 0 amide bonds. The van der Waals surface area contributed by atoms with Gasteiger partial charge in [-0.3, -0.25) is 4.68 Å². The molecule has 0 aliphatic rings. The van der Waals surface area contributed by atoms with Crippen LogP contribution < -0.4 is 15.2 Å². The fourth-order valence-electron chi connectivity index (χ4n) is 2.07. The summed E-state index contributed by atoms with van der Waals surface area (Å²) >= 11 is 0. The second-order valence-electron chi connectivity index (χ2n) is 4.45. The van der Waals surface area contributed by atoms with Gasteiger partial charge in [0.2, 0.25) is 0 Å². The Bertz CT molecular complexity index is 546. The summed E-state index contributed by atoms with van der Waals surface area (Å²) < 4.78 is 12.4. The Morgan fingerprint density at radius 3 is 2.40 bits per heavy atom. The maximum absolute atomic E-state index is 6.26. The van der Waals surface area contributed by atoms with Crippen LogP contribution in [0.3, 0.4) is 0 Å². The van der Waals surface area contributed by atoms with Gasteiger partial charge in [0.15, 0.2) is 0 Å². The average Bonchev–Trinajstić information content (AvgIpc) is 2.93. The van der Waals surface area contributed by atoms with Crippen LogP contribution in [0.5, 0.6) is 11.5 Å². The number of nitrogens with zero attached hydrogens (tertiary/aromatic N) is 3. The predicted octanol–water partition coefficient (Wildman–Crippen LogP) is 1.56. The summed E-state index contributed by atoms with van der Waals surface area (Å²) in [6.07, 6.45) is 2.17. The van der Waals surface area contributed by atoms with E-state index >= 15 is 0 Å². The normalized spacial score (nSPS) is 12.2. The molecular formula is C14H20N4O2. The molecule has 0 aliphatic heterocycles. The van der Waals surface area contributed by atoms with Gasteiger partial charge in [-0.2, -0.15) is 5.10 Å². The summed E-state index contributed by atoms with van der Waals surface area (Å²) in [5.74, 6) is 2.33. The molecule has 20 heavy (non-hydrogen) atoms. The highest BCUT2D eigenvalue weighted by molar-refractivity contribution is 5.39. The number of methoxy groups -OCH3 is 2. The lowest BCUT2D eigenvalue weighted by Crippen LogP contribution is -2.17. The van der Waals surface area contributed by atoms with Crippen LogP contribution in [0.4, 0.5) is 0 Å². The van der Waals surface area contributed by atoms with Gasteiger partial charge in [0.25, 0.3) is 0 Å². The molecule has 1 aromatic carbocycles. The van der Waals surface area contributed by atoms with Gasteiger partial charge in [-0.1, -0.05) is 0 Å². The zero-order chi connectivity index (χ0) is 14.5. The van der Waals surface area contributed by atoms with Crippen molar-refractivity contribution in [3.8, 4) is 11.5 Å². The second-order valence-corrected chi connectivity index (χ2v) is 4.45. The zero-order valence-corrected chi connectivity index (χ0v) is 12.0. The molecule has 0 saturated heterocycles. The molecule has 0 aliphatic carbocycles. The van der Waals surface area contributed by atoms with Gasteiger partial charge >= 0.3 is 0 Å². The summed E-state index contributed by atoms with van der Waals surface area (Å²) in [6, 6.07) is 5.47. The molecule has 2 rings (SSSR count). The van der Waals surface area contributed by atoms with Gasteiger partial charge in [0, 0.05) is 25.1 Å². The van der Waals surface area contributed by atoms with Crippen molar-refractivity contribution in [3.05, 3.63) is 35.9 Å². The Balaban J connectivity index is 2.22. The molecule has 1 unspecified atom stereocenters. The Hall–Kier alpha value is -2.08. The molecule has 1 heterocycles. The first kappa shape index (κ1) is 14.3. The lowest BCUT2D eigenvalue weighted by Gasteiger charge is -2.14. The molecule has 0 radical (unpaired) electrons. The Kier molecular flexibility index (Phi) is 4.57. The monoisotopic (exact) mass is 276 g/mol. The summed E-state index contributed by atoms with van der Waals surface area (Å²) in [5, 5.41) is 4.15. The SMILES string of the molecule is CCn1ncnc1CC(N)c1cc(OC)cc(OC)c1. The highest BCUT2D eigenvalue weighted by Gasteiger charge is 2.13. The zero-order valence-electron chi connectivity index (χ0n) is 12.0. The van der Waals surface area contributed by atoms with Crippen molar-refractivity contribution in [2.24, 2.45) is 5.73 Å². The Morgan fingerprint density at radius 1 is 1.20 bits per heavy atom. The largest absolute Gasteiger partial charge is 0.497 e. The standard InChI is InChI=1S/C14H20N4O2/c1-4-18-14(16-9-17-18)8-13(15)10-5-11(19-2)7-12(6-10)20-3/h5-7,9,13H,4,8,15H2,1-3H3. The fourth-order valence-corrected chi connectivity index (χ4v) is 2.07. The molecule has 1 aromatic heterocycles. The van der Waals surface area contributed by atoms with Gasteiger partial charge in [0.05, 0.1) is 14.2 Å². The smallest absolute Gasteiger partial charge is 0.138 e. The van der Waals surface area contributed by atoms with E-state index in [4.69, 9.17) is 15.2 Å². The number of hydrogen-bond donors (Lipinski definition) is 1. The topological polar surface area (TPSA) is 75.2 Å². The van der Waals surface area contributed by atoms with Crippen molar-refractivity contribution in [2.45, 2.75) is 25.9 Å². The molecule has 1 atom stereocenters. The quantitative estimate of drug-likeness (QED) is 0.866. The molecule has 2 aromatic rings. The predicted molar refractivity (Wildman–Crippen MR) is 75.9 cm³/mol. The number of hydrogen-bond acceptors (Lipinski definition) is 5. The van der Waals surface area contributed by atoms with Gasteiger partial charge in [-0.25, -0.2) is 4.98 Å². The number of benzene rings is 1. The van der Waals surface area contributed by atoms with Crippen LogP contribution >= 0.6 is 0 Å². The Labute approximate surface area is 118 Å². The molecule has 0 bridgehead atoms. The lowest BCUT2D eigenvalue weighted by atomic mass is 10.0. The van der Waals surface area contributed by atoms with Crippen molar-refractivity contribution in [1.82, 2.24) is 14.8 Å². The van der Waals surface area contributed by atoms with Crippen molar-refractivity contribution < 1.29 is 9.47 Å². The van der Waals surface area contributed by atoms with Crippen LogP contribution in [0.2, 0.25) is 0 Å². The van der Waals surface area contributed by atoms with E-state index in [-0.39, 0.29) is 6.04 Å². The summed E-state index contributed by atoms with van der Waals surface area (Å²) in [5.41, 5.74) is 7.22. The molecule has 0 fully saturated rings. The van der Waals surface area contributed by atoms with Crippen LogP contribution in [0, 0.1) is 0 Å². The minimum Gasteiger partial charge on any atom is -0.497 e. The van der Waals surface area contributed by atoms with Crippen molar-refractivity contribution in [3.63, 3.8) is 0 Å². The first-order valence-electron chi connectivity index (χ1n) is 6.53. The van der Waals surface area contributed by atoms with Crippen LogP contribution in [0.15, 0.2) is 24.5 Å². The second kappa shape index (κ2) is 6.38. The summed E-state index contributed by atoms with van der Waals surface area (Å²) in [4.78, 5) is 4.25. The molecule has 108 valence electrons. The minimum absolute atomic E-state index is 0.187. The van der Waals surface area contributed by atoms with E-state index in [1.54, 1.807) is 20.5 Å². The first-order chi connectivity index (χ1) is 9.67. The molecule has 6 nitrogen and oxygen atoms in total. The Morgan fingerprint density at radius 2 is 1.85 bits per heavy atom. The third kappa shape index (κ3) is 3.08. The highest BCUT2D eigenvalue weighted by atomic mass is 16.5. The number of rotatable bonds is 6. The van der Waals surface area contributed by atoms with E-state index in [9.17, 15) is 0 Å². The highest BCUT2D eigenvalue weighted by Crippen LogP contribution is 2.26.